The summed E-state index contributed by atoms with van der Waals surface area (Å²) in [5, 5.41) is 5.37. The van der Waals surface area contributed by atoms with E-state index in [1.165, 1.54) is 6.92 Å². The number of anilines is 2. The number of ether oxygens (including phenoxy) is 2. The summed E-state index contributed by atoms with van der Waals surface area (Å²) >= 11 is 0. The molecular formula is C17H16N2O4. The lowest BCUT2D eigenvalue weighted by Gasteiger charge is -2.33. The van der Waals surface area contributed by atoms with Crippen molar-refractivity contribution in [3.05, 3.63) is 48.5 Å². The highest BCUT2D eigenvalue weighted by atomic mass is 16.5. The van der Waals surface area contributed by atoms with Crippen molar-refractivity contribution < 1.29 is 19.1 Å². The van der Waals surface area contributed by atoms with Crippen LogP contribution in [0.5, 0.6) is 11.5 Å². The lowest BCUT2D eigenvalue weighted by atomic mass is 10.0. The van der Waals surface area contributed by atoms with Gasteiger partial charge in [-0.25, -0.2) is 0 Å². The average Bonchev–Trinajstić information content (AvgIpc) is 2.56. The molecule has 1 unspecified atom stereocenters. The van der Waals surface area contributed by atoms with Crippen molar-refractivity contribution in [1.29, 1.82) is 0 Å². The van der Waals surface area contributed by atoms with E-state index in [0.717, 1.165) is 0 Å². The summed E-state index contributed by atoms with van der Waals surface area (Å²) < 4.78 is 10.7. The fraction of sp³-hybridized carbons (Fsp3) is 0.176. The molecule has 23 heavy (non-hydrogen) atoms. The number of nitrogens with one attached hydrogen (secondary N) is 2. The van der Waals surface area contributed by atoms with Gasteiger partial charge in [-0.05, 0) is 43.3 Å². The van der Waals surface area contributed by atoms with Crippen LogP contribution in [0.4, 0.5) is 11.4 Å². The van der Waals surface area contributed by atoms with Crippen LogP contribution in [0, 0.1) is 0 Å². The summed E-state index contributed by atoms with van der Waals surface area (Å²) in [6.45, 7) is 1.44. The zero-order chi connectivity index (χ0) is 16.4. The first-order chi connectivity index (χ1) is 11.0. The minimum Gasteiger partial charge on any atom is -0.497 e. The van der Waals surface area contributed by atoms with E-state index in [-0.39, 0.29) is 0 Å². The minimum absolute atomic E-state index is 0.458. The Bertz CT molecular complexity index is 757. The first kappa shape index (κ1) is 14.9. The topological polar surface area (TPSA) is 76.7 Å². The number of carbonyl (C=O) groups is 2. The SMILES string of the molecule is COc1ccc(NC(=O)C2(C)Oc3ccccc3NC2=O)cc1. The third-order valence-electron chi connectivity index (χ3n) is 3.66. The van der Waals surface area contributed by atoms with E-state index >= 15 is 0 Å². The fourth-order valence-corrected chi connectivity index (χ4v) is 2.24. The Morgan fingerprint density at radius 1 is 1.17 bits per heavy atom. The first-order valence-electron chi connectivity index (χ1n) is 7.08. The highest BCUT2D eigenvalue weighted by Gasteiger charge is 2.47. The van der Waals surface area contributed by atoms with Gasteiger partial charge in [-0.2, -0.15) is 0 Å². The first-order valence-corrected chi connectivity index (χ1v) is 7.08. The smallest absolute Gasteiger partial charge is 0.278 e. The van der Waals surface area contributed by atoms with Crippen molar-refractivity contribution in [1.82, 2.24) is 0 Å². The number of rotatable bonds is 3. The monoisotopic (exact) mass is 312 g/mol. The molecule has 2 aromatic carbocycles. The number of hydrogen-bond acceptors (Lipinski definition) is 4. The zero-order valence-corrected chi connectivity index (χ0v) is 12.8. The van der Waals surface area contributed by atoms with Crippen LogP contribution in [0.15, 0.2) is 48.5 Å². The standard InChI is InChI=1S/C17H16N2O4/c1-17(15(20)18-11-7-9-12(22-2)10-8-11)16(21)19-13-5-3-4-6-14(13)23-17/h3-10H,1-2H3,(H,18,20)(H,19,21). The number of hydrogen-bond donors (Lipinski definition) is 2. The van der Waals surface area contributed by atoms with Crippen LogP contribution in [0.2, 0.25) is 0 Å². The highest BCUT2D eigenvalue weighted by molar-refractivity contribution is 6.18. The Kier molecular flexibility index (Phi) is 3.65. The summed E-state index contributed by atoms with van der Waals surface area (Å²) in [6, 6.07) is 13.8. The molecular weight excluding hydrogens is 296 g/mol. The van der Waals surface area contributed by atoms with Crippen molar-refractivity contribution >= 4 is 23.2 Å². The number of amides is 2. The Labute approximate surface area is 133 Å². The van der Waals surface area contributed by atoms with Gasteiger partial charge in [0.15, 0.2) is 0 Å². The molecule has 0 aliphatic carbocycles. The summed E-state index contributed by atoms with van der Waals surface area (Å²) in [6.07, 6.45) is 0. The van der Waals surface area contributed by atoms with Gasteiger partial charge in [0.1, 0.15) is 11.5 Å². The van der Waals surface area contributed by atoms with Crippen LogP contribution in [-0.2, 0) is 9.59 Å². The molecule has 0 saturated heterocycles. The van der Waals surface area contributed by atoms with Gasteiger partial charge in [0.2, 0.25) is 0 Å². The normalized spacial score (nSPS) is 19.1. The summed E-state index contributed by atoms with van der Waals surface area (Å²) in [5.74, 6) is 0.0751. The van der Waals surface area contributed by atoms with Crippen LogP contribution in [0.1, 0.15) is 6.92 Å². The fourth-order valence-electron chi connectivity index (χ4n) is 2.24. The maximum absolute atomic E-state index is 12.5. The van der Waals surface area contributed by atoms with E-state index in [9.17, 15) is 9.59 Å². The maximum Gasteiger partial charge on any atom is 0.278 e. The lowest BCUT2D eigenvalue weighted by Crippen LogP contribution is -2.56. The maximum atomic E-state index is 12.5. The predicted octanol–water partition coefficient (Wildman–Crippen LogP) is 2.42. The largest absolute Gasteiger partial charge is 0.497 e. The van der Waals surface area contributed by atoms with E-state index in [4.69, 9.17) is 9.47 Å². The summed E-state index contributed by atoms with van der Waals surface area (Å²) in [7, 11) is 1.56. The molecule has 118 valence electrons. The number of para-hydroxylation sites is 2. The molecule has 0 fully saturated rings. The quantitative estimate of drug-likeness (QED) is 0.853. The molecule has 0 saturated carbocycles. The van der Waals surface area contributed by atoms with E-state index in [0.29, 0.717) is 22.9 Å². The Balaban J connectivity index is 1.81. The second-order valence-electron chi connectivity index (χ2n) is 5.27. The van der Waals surface area contributed by atoms with Crippen LogP contribution in [0.3, 0.4) is 0 Å². The van der Waals surface area contributed by atoms with Crippen LogP contribution in [-0.4, -0.2) is 24.5 Å². The van der Waals surface area contributed by atoms with E-state index in [2.05, 4.69) is 10.6 Å². The molecule has 1 aliphatic heterocycles. The average molecular weight is 312 g/mol. The molecule has 6 nitrogen and oxygen atoms in total. The zero-order valence-electron chi connectivity index (χ0n) is 12.8. The number of carbonyl (C=O) groups excluding carboxylic acids is 2. The van der Waals surface area contributed by atoms with Crippen LogP contribution >= 0.6 is 0 Å². The van der Waals surface area contributed by atoms with Crippen molar-refractivity contribution in [2.75, 3.05) is 17.7 Å². The second kappa shape index (κ2) is 5.64. The van der Waals surface area contributed by atoms with E-state index in [1.807, 2.05) is 0 Å². The van der Waals surface area contributed by atoms with Gasteiger partial charge in [-0.3, -0.25) is 9.59 Å². The molecule has 1 atom stereocenters. The van der Waals surface area contributed by atoms with Crippen molar-refractivity contribution in [3.63, 3.8) is 0 Å². The molecule has 3 rings (SSSR count). The van der Waals surface area contributed by atoms with Gasteiger partial charge in [0.05, 0.1) is 12.8 Å². The van der Waals surface area contributed by atoms with Crippen molar-refractivity contribution in [2.45, 2.75) is 12.5 Å². The Hall–Kier alpha value is -3.02. The molecule has 0 spiro atoms. The Morgan fingerprint density at radius 3 is 2.57 bits per heavy atom. The molecule has 6 heteroatoms. The summed E-state index contributed by atoms with van der Waals surface area (Å²) in [5.41, 5.74) is -0.548. The van der Waals surface area contributed by atoms with Gasteiger partial charge in [0.25, 0.3) is 17.4 Å². The van der Waals surface area contributed by atoms with Gasteiger partial charge in [0, 0.05) is 5.69 Å². The van der Waals surface area contributed by atoms with Gasteiger partial charge < -0.3 is 20.1 Å². The van der Waals surface area contributed by atoms with Crippen molar-refractivity contribution in [3.8, 4) is 11.5 Å². The molecule has 2 aromatic rings. The molecule has 2 N–H and O–H groups in total. The van der Waals surface area contributed by atoms with Crippen LogP contribution < -0.4 is 20.1 Å². The third kappa shape index (κ3) is 2.70. The van der Waals surface area contributed by atoms with Gasteiger partial charge in [-0.15, -0.1) is 0 Å². The molecule has 2 amide bonds. The number of methoxy groups -OCH3 is 1. The molecule has 0 radical (unpaired) electrons. The number of benzene rings is 2. The van der Waals surface area contributed by atoms with E-state index in [1.54, 1.807) is 55.6 Å². The summed E-state index contributed by atoms with van der Waals surface area (Å²) in [4.78, 5) is 24.8. The van der Waals surface area contributed by atoms with Crippen LogP contribution in [0.25, 0.3) is 0 Å². The molecule has 0 bridgehead atoms. The molecule has 1 aliphatic rings. The van der Waals surface area contributed by atoms with Gasteiger partial charge in [-0.1, -0.05) is 12.1 Å². The minimum atomic E-state index is -1.64. The highest BCUT2D eigenvalue weighted by Crippen LogP contribution is 2.33. The van der Waals surface area contributed by atoms with Gasteiger partial charge >= 0.3 is 0 Å². The molecule has 0 aromatic heterocycles. The van der Waals surface area contributed by atoms with Crippen molar-refractivity contribution in [2.24, 2.45) is 0 Å². The molecule has 1 heterocycles. The lowest BCUT2D eigenvalue weighted by molar-refractivity contribution is -0.143. The second-order valence-corrected chi connectivity index (χ2v) is 5.27. The number of fused-ring (bicyclic) bond motifs is 1. The third-order valence-corrected chi connectivity index (χ3v) is 3.66. The predicted molar refractivity (Wildman–Crippen MR) is 85.7 cm³/mol. The van der Waals surface area contributed by atoms with E-state index < -0.39 is 17.4 Å². The Morgan fingerprint density at radius 2 is 1.87 bits per heavy atom.